The van der Waals surface area contributed by atoms with Crippen LogP contribution in [0.3, 0.4) is 0 Å². The second-order valence-electron chi connectivity index (χ2n) is 3.72. The van der Waals surface area contributed by atoms with Gasteiger partial charge >= 0.3 is 0 Å². The molecule has 0 N–H and O–H groups in total. The third-order valence-corrected chi connectivity index (χ3v) is 4.08. The van der Waals surface area contributed by atoms with Crippen molar-refractivity contribution in [2.24, 2.45) is 0 Å². The molecule has 2 atom stereocenters. The number of anilines is 1. The number of nitrogens with zero attached hydrogens (tertiary/aromatic N) is 3. The minimum Gasteiger partial charge on any atom is -0.343 e. The van der Waals surface area contributed by atoms with Crippen LogP contribution in [-0.2, 0) is 0 Å². The minimum absolute atomic E-state index is 0.243. The summed E-state index contributed by atoms with van der Waals surface area (Å²) in [4.78, 5) is 6.66. The van der Waals surface area contributed by atoms with Crippen LogP contribution in [0.4, 0.5) is 5.13 Å². The molecule has 2 unspecified atom stereocenters. The van der Waals surface area contributed by atoms with Gasteiger partial charge in [0.15, 0.2) is 0 Å². The van der Waals surface area contributed by atoms with Crippen LogP contribution in [-0.4, -0.2) is 27.3 Å². The molecular weight excluding hydrogens is 218 g/mol. The smallest absolute Gasteiger partial charge is 0.205 e. The molecule has 5 heteroatoms. The van der Waals surface area contributed by atoms with Crippen LogP contribution in [0.5, 0.6) is 0 Å². The Balaban J connectivity index is 2.17. The van der Waals surface area contributed by atoms with Gasteiger partial charge in [0.2, 0.25) is 5.13 Å². The van der Waals surface area contributed by atoms with Crippen LogP contribution < -0.4 is 4.90 Å². The Kier molecular flexibility index (Phi) is 2.93. The summed E-state index contributed by atoms with van der Waals surface area (Å²) in [6.07, 6.45) is 2.26. The van der Waals surface area contributed by atoms with E-state index in [2.05, 4.69) is 21.2 Å². The van der Waals surface area contributed by atoms with Gasteiger partial charge in [-0.1, -0.05) is 0 Å². The lowest BCUT2D eigenvalue weighted by Gasteiger charge is -2.36. The molecule has 0 spiro atoms. The third kappa shape index (κ3) is 1.86. The highest BCUT2D eigenvalue weighted by Crippen LogP contribution is 2.28. The molecule has 1 aromatic heterocycles. The van der Waals surface area contributed by atoms with E-state index in [1.807, 2.05) is 6.92 Å². The molecule has 2 heterocycles. The molecule has 1 aliphatic heterocycles. The SMILES string of the molecule is Cc1nsc(N2CCCC(Cl)C2C)n1. The maximum absolute atomic E-state index is 6.23. The van der Waals surface area contributed by atoms with Crippen molar-refractivity contribution < 1.29 is 0 Å². The van der Waals surface area contributed by atoms with Crippen molar-refractivity contribution in [1.82, 2.24) is 9.36 Å². The van der Waals surface area contributed by atoms with Gasteiger partial charge in [0.25, 0.3) is 0 Å². The highest BCUT2D eigenvalue weighted by atomic mass is 35.5. The standard InChI is InChI=1S/C9H14ClN3S/c1-6-8(10)4-3-5-13(6)9-11-7(2)12-14-9/h6,8H,3-5H2,1-2H3. The number of aryl methyl sites for hydroxylation is 1. The summed E-state index contributed by atoms with van der Waals surface area (Å²) in [7, 11) is 0. The number of aromatic nitrogens is 2. The first-order chi connectivity index (χ1) is 6.68. The molecule has 2 rings (SSSR count). The average molecular weight is 232 g/mol. The Labute approximate surface area is 93.3 Å². The fourth-order valence-electron chi connectivity index (χ4n) is 1.77. The molecule has 0 bridgehead atoms. The molecular formula is C9H14ClN3S. The first kappa shape index (κ1) is 10.2. The van der Waals surface area contributed by atoms with Gasteiger partial charge in [-0.2, -0.15) is 4.37 Å². The zero-order valence-corrected chi connectivity index (χ0v) is 9.98. The molecule has 1 saturated heterocycles. The number of rotatable bonds is 1. The summed E-state index contributed by atoms with van der Waals surface area (Å²) in [5.41, 5.74) is 0. The van der Waals surface area contributed by atoms with Gasteiger partial charge in [0.1, 0.15) is 5.82 Å². The summed E-state index contributed by atoms with van der Waals surface area (Å²) in [6, 6.07) is 0.373. The zero-order chi connectivity index (χ0) is 10.1. The highest BCUT2D eigenvalue weighted by molar-refractivity contribution is 7.09. The van der Waals surface area contributed by atoms with Gasteiger partial charge in [-0.05, 0) is 26.7 Å². The Morgan fingerprint density at radius 1 is 1.57 bits per heavy atom. The van der Waals surface area contributed by atoms with E-state index in [0.29, 0.717) is 6.04 Å². The summed E-state index contributed by atoms with van der Waals surface area (Å²) in [6.45, 7) is 5.14. The summed E-state index contributed by atoms with van der Waals surface area (Å²) in [5.74, 6) is 0.855. The van der Waals surface area contributed by atoms with Crippen molar-refractivity contribution >= 4 is 28.3 Å². The van der Waals surface area contributed by atoms with Crippen molar-refractivity contribution in [1.29, 1.82) is 0 Å². The molecule has 3 nitrogen and oxygen atoms in total. The predicted octanol–water partition coefficient (Wildman–Crippen LogP) is 2.44. The predicted molar refractivity (Wildman–Crippen MR) is 60.3 cm³/mol. The van der Waals surface area contributed by atoms with E-state index in [0.717, 1.165) is 30.3 Å². The number of alkyl halides is 1. The summed E-state index contributed by atoms with van der Waals surface area (Å²) >= 11 is 7.70. The molecule has 1 aliphatic rings. The van der Waals surface area contributed by atoms with Crippen LogP contribution in [0.15, 0.2) is 0 Å². The first-order valence-electron chi connectivity index (χ1n) is 4.89. The van der Waals surface area contributed by atoms with Gasteiger partial charge in [-0.15, -0.1) is 11.6 Å². The van der Waals surface area contributed by atoms with Gasteiger partial charge in [0.05, 0.1) is 5.38 Å². The topological polar surface area (TPSA) is 29.0 Å². The van der Waals surface area contributed by atoms with E-state index >= 15 is 0 Å². The number of piperidine rings is 1. The van der Waals surface area contributed by atoms with Crippen molar-refractivity contribution in [3.63, 3.8) is 0 Å². The molecule has 1 aromatic rings. The summed E-state index contributed by atoms with van der Waals surface area (Å²) in [5, 5.41) is 1.26. The van der Waals surface area contributed by atoms with Gasteiger partial charge < -0.3 is 4.90 Å². The fourth-order valence-corrected chi connectivity index (χ4v) is 2.85. The van der Waals surface area contributed by atoms with E-state index in [9.17, 15) is 0 Å². The van der Waals surface area contributed by atoms with Crippen LogP contribution in [0.2, 0.25) is 0 Å². The van der Waals surface area contributed by atoms with Gasteiger partial charge in [0, 0.05) is 24.1 Å². The summed E-state index contributed by atoms with van der Waals surface area (Å²) < 4.78 is 4.20. The molecule has 0 aromatic carbocycles. The van der Waals surface area contributed by atoms with Crippen molar-refractivity contribution in [2.45, 2.75) is 38.1 Å². The monoisotopic (exact) mass is 231 g/mol. The van der Waals surface area contributed by atoms with E-state index in [-0.39, 0.29) is 5.38 Å². The molecule has 0 aliphatic carbocycles. The van der Waals surface area contributed by atoms with Crippen molar-refractivity contribution in [3.05, 3.63) is 5.82 Å². The van der Waals surface area contributed by atoms with Crippen LogP contribution in [0, 0.1) is 6.92 Å². The second-order valence-corrected chi connectivity index (χ2v) is 5.01. The van der Waals surface area contributed by atoms with E-state index in [1.54, 1.807) is 0 Å². The molecule has 78 valence electrons. The van der Waals surface area contributed by atoms with Gasteiger partial charge in [-0.3, -0.25) is 0 Å². The van der Waals surface area contributed by atoms with E-state index < -0.39 is 0 Å². The number of halogens is 1. The van der Waals surface area contributed by atoms with E-state index in [4.69, 9.17) is 11.6 Å². The van der Waals surface area contributed by atoms with Crippen LogP contribution in [0.25, 0.3) is 0 Å². The first-order valence-corrected chi connectivity index (χ1v) is 6.10. The molecule has 0 radical (unpaired) electrons. The number of hydrogen-bond donors (Lipinski definition) is 0. The van der Waals surface area contributed by atoms with Crippen molar-refractivity contribution in [2.75, 3.05) is 11.4 Å². The third-order valence-electron chi connectivity index (χ3n) is 2.66. The largest absolute Gasteiger partial charge is 0.343 e. The fraction of sp³-hybridized carbons (Fsp3) is 0.778. The lowest BCUT2D eigenvalue weighted by molar-refractivity contribution is 0.491. The normalized spacial score (nSPS) is 28.1. The molecule has 14 heavy (non-hydrogen) atoms. The maximum atomic E-state index is 6.23. The van der Waals surface area contributed by atoms with Crippen LogP contribution >= 0.6 is 23.1 Å². The molecule has 1 fully saturated rings. The zero-order valence-electron chi connectivity index (χ0n) is 8.40. The van der Waals surface area contributed by atoms with E-state index in [1.165, 1.54) is 11.5 Å². The van der Waals surface area contributed by atoms with Gasteiger partial charge in [-0.25, -0.2) is 4.98 Å². The van der Waals surface area contributed by atoms with Crippen LogP contribution in [0.1, 0.15) is 25.6 Å². The Bertz CT molecular complexity index is 315. The lowest BCUT2D eigenvalue weighted by atomic mass is 10.0. The Morgan fingerprint density at radius 3 is 3.00 bits per heavy atom. The second kappa shape index (κ2) is 4.03. The quantitative estimate of drug-likeness (QED) is 0.696. The van der Waals surface area contributed by atoms with Crippen molar-refractivity contribution in [3.8, 4) is 0 Å². The highest BCUT2D eigenvalue weighted by Gasteiger charge is 2.28. The number of hydrogen-bond acceptors (Lipinski definition) is 4. The Hall–Kier alpha value is -0.350. The Morgan fingerprint density at radius 2 is 2.36 bits per heavy atom. The lowest BCUT2D eigenvalue weighted by Crippen LogP contribution is -2.44. The average Bonchev–Trinajstić information content (AvgIpc) is 2.57. The maximum Gasteiger partial charge on any atom is 0.205 e. The molecule has 0 saturated carbocycles. The molecule has 0 amide bonds. The minimum atomic E-state index is 0.243.